The van der Waals surface area contributed by atoms with Gasteiger partial charge in [0, 0.05) is 12.5 Å². The first-order valence-electron chi connectivity index (χ1n) is 9.00. The van der Waals surface area contributed by atoms with Crippen LogP contribution in [-0.4, -0.2) is 33.0 Å². The van der Waals surface area contributed by atoms with Gasteiger partial charge in [-0.2, -0.15) is 0 Å². The summed E-state index contributed by atoms with van der Waals surface area (Å²) in [5, 5.41) is 0. The number of anilines is 1. The molecule has 1 aromatic heterocycles. The van der Waals surface area contributed by atoms with Gasteiger partial charge in [0.1, 0.15) is 30.8 Å². The number of methoxy groups -OCH3 is 2. The van der Waals surface area contributed by atoms with Crippen molar-refractivity contribution < 1.29 is 19.0 Å². The van der Waals surface area contributed by atoms with Crippen molar-refractivity contribution in [3.63, 3.8) is 0 Å². The number of hydrogen-bond acceptors (Lipinski definition) is 5. The zero-order chi connectivity index (χ0) is 20.8. The second-order valence-electron chi connectivity index (χ2n) is 6.26. The number of amides is 1. The molecule has 0 bridgehead atoms. The quantitative estimate of drug-likeness (QED) is 0.582. The number of para-hydroxylation sites is 1. The van der Waals surface area contributed by atoms with Crippen LogP contribution in [0.4, 0.5) is 5.69 Å². The molecule has 0 saturated carbocycles. The Morgan fingerprint density at radius 3 is 2.41 bits per heavy atom. The van der Waals surface area contributed by atoms with Crippen molar-refractivity contribution in [2.24, 2.45) is 0 Å². The molecular formula is C22H21BN2O4. The molecule has 0 atom stereocenters. The van der Waals surface area contributed by atoms with E-state index in [9.17, 15) is 4.79 Å². The lowest BCUT2D eigenvalue weighted by atomic mass is 10.0. The summed E-state index contributed by atoms with van der Waals surface area (Å²) in [5.74, 6) is 1.97. The third kappa shape index (κ3) is 4.87. The Labute approximate surface area is 171 Å². The predicted molar refractivity (Wildman–Crippen MR) is 113 cm³/mol. The van der Waals surface area contributed by atoms with Crippen LogP contribution >= 0.6 is 0 Å². The predicted octanol–water partition coefficient (Wildman–Crippen LogP) is 3.24. The van der Waals surface area contributed by atoms with Crippen molar-refractivity contribution in [3.8, 4) is 23.1 Å². The second-order valence-corrected chi connectivity index (χ2v) is 6.26. The van der Waals surface area contributed by atoms with E-state index in [1.54, 1.807) is 55.5 Å². The van der Waals surface area contributed by atoms with E-state index in [-0.39, 0.29) is 18.3 Å². The first-order chi connectivity index (χ1) is 14.0. The Bertz CT molecular complexity index is 995. The molecular weight excluding hydrogens is 367 g/mol. The smallest absolute Gasteiger partial charge is 0.242 e. The summed E-state index contributed by atoms with van der Waals surface area (Å²) in [4.78, 5) is 18.4. The average molecular weight is 388 g/mol. The van der Waals surface area contributed by atoms with E-state index in [0.29, 0.717) is 28.5 Å². The van der Waals surface area contributed by atoms with Crippen LogP contribution in [0.5, 0.6) is 23.1 Å². The normalized spacial score (nSPS) is 10.3. The van der Waals surface area contributed by atoms with Gasteiger partial charge in [-0.15, -0.1) is 0 Å². The Morgan fingerprint density at radius 2 is 1.76 bits per heavy atom. The summed E-state index contributed by atoms with van der Waals surface area (Å²) in [7, 11) is 9.03. The van der Waals surface area contributed by atoms with Gasteiger partial charge in [-0.25, -0.2) is 4.98 Å². The molecule has 0 N–H and O–H groups in total. The van der Waals surface area contributed by atoms with E-state index in [4.69, 9.17) is 22.1 Å². The van der Waals surface area contributed by atoms with Gasteiger partial charge in [0.05, 0.1) is 20.8 Å². The van der Waals surface area contributed by atoms with E-state index in [1.165, 1.54) is 6.92 Å². The van der Waals surface area contributed by atoms with Crippen molar-refractivity contribution in [1.29, 1.82) is 0 Å². The van der Waals surface area contributed by atoms with Crippen LogP contribution in [-0.2, 0) is 11.3 Å². The zero-order valence-electron chi connectivity index (χ0n) is 16.6. The summed E-state index contributed by atoms with van der Waals surface area (Å²) < 4.78 is 16.7. The number of nitrogens with zero attached hydrogens (tertiary/aromatic N) is 2. The van der Waals surface area contributed by atoms with Gasteiger partial charge >= 0.3 is 0 Å². The van der Waals surface area contributed by atoms with Crippen LogP contribution in [0.15, 0.2) is 60.7 Å². The summed E-state index contributed by atoms with van der Waals surface area (Å²) >= 11 is 0. The fourth-order valence-electron chi connectivity index (χ4n) is 2.87. The number of carbonyl (C=O) groups is 1. The van der Waals surface area contributed by atoms with Gasteiger partial charge in [-0.3, -0.25) is 4.79 Å². The molecule has 0 aliphatic rings. The first-order valence-corrected chi connectivity index (χ1v) is 9.00. The molecule has 0 fully saturated rings. The minimum atomic E-state index is -0.181. The summed E-state index contributed by atoms with van der Waals surface area (Å²) in [6.45, 7) is 1.72. The highest BCUT2D eigenvalue weighted by atomic mass is 16.5. The molecule has 0 aliphatic carbocycles. The third-order valence-corrected chi connectivity index (χ3v) is 4.31. The lowest BCUT2D eigenvalue weighted by Gasteiger charge is -2.24. The molecule has 29 heavy (non-hydrogen) atoms. The number of benzene rings is 2. The van der Waals surface area contributed by atoms with Gasteiger partial charge in [0.2, 0.25) is 11.8 Å². The highest BCUT2D eigenvalue weighted by Gasteiger charge is 2.21. The molecule has 1 heterocycles. The zero-order valence-corrected chi connectivity index (χ0v) is 16.6. The number of ether oxygens (including phenoxy) is 3. The number of aromatic nitrogens is 1. The molecule has 0 spiro atoms. The number of pyridine rings is 1. The lowest BCUT2D eigenvalue weighted by molar-refractivity contribution is -0.116. The Balaban J connectivity index is 2.01. The molecule has 7 heteroatoms. The van der Waals surface area contributed by atoms with Gasteiger partial charge in [-0.05, 0) is 48.1 Å². The molecule has 0 unspecified atom stereocenters. The fourth-order valence-corrected chi connectivity index (χ4v) is 2.87. The number of hydrogen-bond donors (Lipinski definition) is 0. The van der Waals surface area contributed by atoms with Crippen molar-refractivity contribution >= 4 is 25.0 Å². The molecule has 3 aromatic rings. The van der Waals surface area contributed by atoms with Crippen molar-refractivity contribution in [1.82, 2.24) is 4.98 Å². The van der Waals surface area contributed by atoms with Crippen LogP contribution in [0, 0.1) is 0 Å². The van der Waals surface area contributed by atoms with Crippen LogP contribution in [0.1, 0.15) is 12.5 Å². The highest BCUT2D eigenvalue weighted by Crippen LogP contribution is 2.33. The van der Waals surface area contributed by atoms with Crippen LogP contribution in [0.25, 0.3) is 0 Å². The maximum Gasteiger partial charge on any atom is 0.242 e. The molecule has 0 saturated heterocycles. The fraction of sp³-hybridized carbons (Fsp3) is 0.182. The SMILES string of the molecule is [B]c1ccc(N(Cc2cc(OC)ccc2OC)C(C)=O)c(Oc2ccccc2)n1. The average Bonchev–Trinajstić information content (AvgIpc) is 2.73. The van der Waals surface area contributed by atoms with E-state index in [0.717, 1.165) is 5.56 Å². The van der Waals surface area contributed by atoms with Crippen LogP contribution in [0.3, 0.4) is 0 Å². The third-order valence-electron chi connectivity index (χ3n) is 4.31. The van der Waals surface area contributed by atoms with Crippen LogP contribution in [0.2, 0.25) is 0 Å². The minimum absolute atomic E-state index is 0.181. The maximum atomic E-state index is 12.5. The van der Waals surface area contributed by atoms with Crippen LogP contribution < -0.4 is 24.7 Å². The van der Waals surface area contributed by atoms with Gasteiger partial charge in [0.25, 0.3) is 0 Å². The first kappa shape index (κ1) is 20.3. The maximum absolute atomic E-state index is 12.5. The van der Waals surface area contributed by atoms with Crippen molar-refractivity contribution in [2.75, 3.05) is 19.1 Å². The molecule has 2 radical (unpaired) electrons. The lowest BCUT2D eigenvalue weighted by Crippen LogP contribution is -2.29. The van der Waals surface area contributed by atoms with E-state index < -0.39 is 0 Å². The number of rotatable bonds is 7. The second kappa shape index (κ2) is 9.14. The summed E-state index contributed by atoms with van der Waals surface area (Å²) in [6, 6.07) is 18.0. The van der Waals surface area contributed by atoms with Gasteiger partial charge in [-0.1, -0.05) is 18.2 Å². The molecule has 2 aromatic carbocycles. The van der Waals surface area contributed by atoms with Gasteiger partial charge < -0.3 is 19.1 Å². The standard InChI is InChI=1S/C22H21BN2O4/c1-15(26)25(14-16-13-18(27-2)9-11-20(16)28-3)19-10-12-21(23)24-22(19)29-17-7-5-4-6-8-17/h4-13H,14H2,1-3H3. The van der Waals surface area contributed by atoms with Crippen molar-refractivity contribution in [2.45, 2.75) is 13.5 Å². The summed E-state index contributed by atoms with van der Waals surface area (Å²) in [6.07, 6.45) is 0. The molecule has 1 amide bonds. The minimum Gasteiger partial charge on any atom is -0.497 e. The topological polar surface area (TPSA) is 60.9 Å². The molecule has 0 aliphatic heterocycles. The van der Waals surface area contributed by atoms with E-state index in [1.807, 2.05) is 24.3 Å². The molecule has 6 nitrogen and oxygen atoms in total. The van der Waals surface area contributed by atoms with Crippen molar-refractivity contribution in [3.05, 3.63) is 66.2 Å². The highest BCUT2D eigenvalue weighted by molar-refractivity contribution is 6.30. The Morgan fingerprint density at radius 1 is 1.00 bits per heavy atom. The van der Waals surface area contributed by atoms with E-state index >= 15 is 0 Å². The van der Waals surface area contributed by atoms with Gasteiger partial charge in [0.15, 0.2) is 0 Å². The largest absolute Gasteiger partial charge is 0.497 e. The number of carbonyl (C=O) groups excluding carboxylic acids is 1. The molecule has 146 valence electrons. The monoisotopic (exact) mass is 388 g/mol. The Kier molecular flexibility index (Phi) is 6.39. The molecule has 3 rings (SSSR count). The van der Waals surface area contributed by atoms with E-state index in [2.05, 4.69) is 4.98 Å². The Hall–Kier alpha value is -3.48. The summed E-state index contributed by atoms with van der Waals surface area (Å²) in [5.41, 5.74) is 1.58.